The Hall–Kier alpha value is -3.08. The Morgan fingerprint density at radius 3 is 2.71 bits per heavy atom. The molecule has 5 rings (SSSR count). The van der Waals surface area contributed by atoms with Crippen LogP contribution >= 0.6 is 11.6 Å². The minimum Gasteiger partial charge on any atom is -0.481 e. The molecule has 2 aromatic heterocycles. The first-order chi connectivity index (χ1) is 18.1. The van der Waals surface area contributed by atoms with Crippen LogP contribution in [0.2, 0.25) is 5.02 Å². The van der Waals surface area contributed by atoms with E-state index in [1.807, 2.05) is 13.8 Å². The van der Waals surface area contributed by atoms with Crippen LogP contribution in [0.25, 0.3) is 0 Å². The average molecular weight is 546 g/mol. The second-order valence-corrected chi connectivity index (χ2v) is 11.0. The number of pyridine rings is 1. The fourth-order valence-corrected chi connectivity index (χ4v) is 5.81. The number of benzene rings is 1. The highest BCUT2D eigenvalue weighted by molar-refractivity contribution is 6.30. The van der Waals surface area contributed by atoms with E-state index in [9.17, 15) is 18.7 Å². The predicted molar refractivity (Wildman–Crippen MR) is 139 cm³/mol. The molecule has 2 aliphatic rings. The highest BCUT2D eigenvalue weighted by Gasteiger charge is 2.49. The highest BCUT2D eigenvalue weighted by Crippen LogP contribution is 2.42. The third-order valence-corrected chi connectivity index (χ3v) is 8.10. The summed E-state index contributed by atoms with van der Waals surface area (Å²) in [6.07, 6.45) is 0.562. The van der Waals surface area contributed by atoms with Gasteiger partial charge in [0.1, 0.15) is 17.5 Å². The van der Waals surface area contributed by atoms with Gasteiger partial charge >= 0.3 is 5.97 Å². The Morgan fingerprint density at radius 1 is 1.29 bits per heavy atom. The molecule has 3 aromatic rings. The van der Waals surface area contributed by atoms with E-state index in [4.69, 9.17) is 16.3 Å². The number of carboxylic acid groups (broad SMARTS) is 1. The molecule has 8 nitrogen and oxygen atoms in total. The van der Waals surface area contributed by atoms with Crippen molar-refractivity contribution in [1.29, 1.82) is 0 Å². The molecule has 3 N–H and O–H groups in total. The molecule has 0 radical (unpaired) electrons. The Morgan fingerprint density at radius 2 is 2.08 bits per heavy atom. The van der Waals surface area contributed by atoms with Crippen LogP contribution in [0.4, 0.5) is 20.4 Å². The molecule has 1 unspecified atom stereocenters. The van der Waals surface area contributed by atoms with E-state index in [2.05, 4.69) is 25.4 Å². The van der Waals surface area contributed by atoms with Crippen LogP contribution in [0.1, 0.15) is 36.7 Å². The minimum absolute atomic E-state index is 0.0430. The summed E-state index contributed by atoms with van der Waals surface area (Å²) in [6, 6.07) is 9.42. The SMILES string of the molecule is Cc1cc(Nc2ccc(F)c(CC3(C(=O)O)CCN(CC4(c5cccc(Cl)c5F)COC4)[C@H](C)C3)n2)n[nH]1. The van der Waals surface area contributed by atoms with Gasteiger partial charge in [-0.05, 0) is 51.4 Å². The number of nitrogens with one attached hydrogen (secondary N) is 2. The summed E-state index contributed by atoms with van der Waals surface area (Å²) >= 11 is 6.05. The average Bonchev–Trinajstić information content (AvgIpc) is 3.26. The molecule has 2 fully saturated rings. The van der Waals surface area contributed by atoms with Crippen LogP contribution in [-0.2, 0) is 21.4 Å². The molecule has 0 saturated carbocycles. The highest BCUT2D eigenvalue weighted by atomic mass is 35.5. The number of carboxylic acids is 1. The molecule has 2 atom stereocenters. The molecule has 4 heterocycles. The van der Waals surface area contributed by atoms with Crippen LogP contribution in [0, 0.1) is 24.0 Å². The molecular weight excluding hydrogens is 516 g/mol. The summed E-state index contributed by atoms with van der Waals surface area (Å²) in [7, 11) is 0. The van der Waals surface area contributed by atoms with E-state index in [0.717, 1.165) is 5.69 Å². The third-order valence-electron chi connectivity index (χ3n) is 7.81. The molecule has 1 aromatic carbocycles. The van der Waals surface area contributed by atoms with E-state index >= 15 is 0 Å². The number of hydrogen-bond donors (Lipinski definition) is 3. The number of aromatic nitrogens is 3. The van der Waals surface area contributed by atoms with Crippen molar-refractivity contribution in [3.63, 3.8) is 0 Å². The van der Waals surface area contributed by atoms with Crippen molar-refractivity contribution in [3.8, 4) is 0 Å². The summed E-state index contributed by atoms with van der Waals surface area (Å²) in [5, 5.41) is 20.3. The number of aliphatic carboxylic acids is 1. The summed E-state index contributed by atoms with van der Waals surface area (Å²) in [5.74, 6) is -1.05. The van der Waals surface area contributed by atoms with Crippen molar-refractivity contribution in [1.82, 2.24) is 20.1 Å². The Bertz CT molecular complexity index is 1350. The first-order valence-corrected chi connectivity index (χ1v) is 12.9. The van der Waals surface area contributed by atoms with E-state index in [0.29, 0.717) is 56.3 Å². The first kappa shape index (κ1) is 26.5. The molecule has 0 amide bonds. The molecule has 38 heavy (non-hydrogen) atoms. The zero-order valence-electron chi connectivity index (χ0n) is 21.2. The number of carbonyl (C=O) groups is 1. The largest absolute Gasteiger partial charge is 0.481 e. The fourth-order valence-electron chi connectivity index (χ4n) is 5.63. The topological polar surface area (TPSA) is 103 Å². The van der Waals surface area contributed by atoms with Gasteiger partial charge in [-0.1, -0.05) is 23.7 Å². The van der Waals surface area contributed by atoms with Gasteiger partial charge in [0.15, 0.2) is 5.82 Å². The number of H-pyrrole nitrogens is 1. The van der Waals surface area contributed by atoms with Crippen molar-refractivity contribution >= 4 is 29.2 Å². The lowest BCUT2D eigenvalue weighted by molar-refractivity contribution is -0.154. The van der Waals surface area contributed by atoms with Crippen molar-refractivity contribution in [2.45, 2.75) is 44.6 Å². The molecule has 0 aliphatic carbocycles. The van der Waals surface area contributed by atoms with Crippen molar-refractivity contribution in [3.05, 3.63) is 70.0 Å². The van der Waals surface area contributed by atoms with Gasteiger partial charge in [0.05, 0.1) is 34.8 Å². The molecular formula is C27H30ClF2N5O3. The van der Waals surface area contributed by atoms with E-state index in [1.165, 1.54) is 18.2 Å². The van der Waals surface area contributed by atoms with Crippen LogP contribution in [0.5, 0.6) is 0 Å². The van der Waals surface area contributed by atoms with Gasteiger partial charge < -0.3 is 15.2 Å². The zero-order valence-corrected chi connectivity index (χ0v) is 22.0. The number of hydrogen-bond acceptors (Lipinski definition) is 6. The van der Waals surface area contributed by atoms with Crippen LogP contribution < -0.4 is 5.32 Å². The molecule has 2 saturated heterocycles. The quantitative estimate of drug-likeness (QED) is 0.371. The van der Waals surface area contributed by atoms with Gasteiger partial charge in [-0.2, -0.15) is 5.10 Å². The molecule has 2 aliphatic heterocycles. The number of aryl methyl sites for hydroxylation is 1. The van der Waals surface area contributed by atoms with E-state index in [-0.39, 0.29) is 23.2 Å². The number of anilines is 2. The van der Waals surface area contributed by atoms with Crippen LogP contribution in [0.15, 0.2) is 36.4 Å². The minimum atomic E-state index is -1.18. The van der Waals surface area contributed by atoms with Gasteiger partial charge in [-0.15, -0.1) is 0 Å². The summed E-state index contributed by atoms with van der Waals surface area (Å²) in [5.41, 5.74) is -0.272. The molecule has 11 heteroatoms. The fraction of sp³-hybridized carbons (Fsp3) is 0.444. The Labute approximate surface area is 224 Å². The smallest absolute Gasteiger partial charge is 0.310 e. The van der Waals surface area contributed by atoms with Crippen LogP contribution in [-0.4, -0.2) is 63.5 Å². The maximum atomic E-state index is 14.9. The standard InChI is InChI=1S/C27H30ClF2N5O3/c1-16-10-23(34-33-16)32-22-7-6-20(29)21(31-22)12-26(25(36)37)8-9-35(17(2)11-26)13-27(14-38-15-27)18-4-3-5-19(28)24(18)30/h3-7,10,17H,8-9,11-15H2,1-2H3,(H,36,37)(H2,31,32,33,34)/t17-,26?/m1/s1. The Kier molecular flexibility index (Phi) is 7.15. The third kappa shape index (κ3) is 5.00. The van der Waals surface area contributed by atoms with Crippen molar-refractivity contribution < 1.29 is 23.4 Å². The second-order valence-electron chi connectivity index (χ2n) is 10.6. The number of ether oxygens (including phenoxy) is 1. The van der Waals surface area contributed by atoms with Crippen molar-refractivity contribution in [2.75, 3.05) is 31.6 Å². The monoisotopic (exact) mass is 545 g/mol. The number of nitrogens with zero attached hydrogens (tertiary/aromatic N) is 3. The number of halogens is 3. The second kappa shape index (κ2) is 10.2. The molecule has 0 spiro atoms. The van der Waals surface area contributed by atoms with Crippen LogP contribution in [0.3, 0.4) is 0 Å². The summed E-state index contributed by atoms with van der Waals surface area (Å²) < 4.78 is 35.2. The summed E-state index contributed by atoms with van der Waals surface area (Å²) in [4.78, 5) is 19.2. The number of aromatic amines is 1. The van der Waals surface area contributed by atoms with Gasteiger partial charge in [-0.3, -0.25) is 14.8 Å². The summed E-state index contributed by atoms with van der Waals surface area (Å²) in [6.45, 7) is 5.51. The van der Waals surface area contributed by atoms with Gasteiger partial charge in [0, 0.05) is 36.3 Å². The van der Waals surface area contributed by atoms with Gasteiger partial charge in [0.2, 0.25) is 0 Å². The maximum Gasteiger partial charge on any atom is 0.310 e. The normalized spacial score (nSPS) is 23.1. The molecule has 202 valence electrons. The number of likely N-dealkylation sites (tertiary alicyclic amines) is 1. The maximum absolute atomic E-state index is 14.9. The number of rotatable bonds is 8. The van der Waals surface area contributed by atoms with Crippen molar-refractivity contribution in [2.24, 2.45) is 5.41 Å². The lowest BCUT2D eigenvalue weighted by Gasteiger charge is -2.50. The Balaban J connectivity index is 1.33. The zero-order chi connectivity index (χ0) is 27.1. The van der Waals surface area contributed by atoms with E-state index < -0.39 is 28.4 Å². The van der Waals surface area contributed by atoms with Gasteiger partial charge in [-0.25, -0.2) is 13.8 Å². The first-order valence-electron chi connectivity index (χ1n) is 12.5. The van der Waals surface area contributed by atoms with E-state index in [1.54, 1.807) is 18.2 Å². The predicted octanol–water partition coefficient (Wildman–Crippen LogP) is 4.85. The lowest BCUT2D eigenvalue weighted by Crippen LogP contribution is -2.59. The lowest BCUT2D eigenvalue weighted by atomic mass is 9.71. The molecule has 0 bridgehead atoms. The number of piperidine rings is 1. The van der Waals surface area contributed by atoms with Gasteiger partial charge in [0.25, 0.3) is 0 Å².